The van der Waals surface area contributed by atoms with Crippen molar-refractivity contribution in [3.8, 4) is 0 Å². The van der Waals surface area contributed by atoms with Gasteiger partial charge in [-0.3, -0.25) is 14.9 Å². The quantitative estimate of drug-likeness (QED) is 0.579. The van der Waals surface area contributed by atoms with Gasteiger partial charge in [0.1, 0.15) is 5.78 Å². The highest BCUT2D eigenvalue weighted by molar-refractivity contribution is 5.81. The molecule has 21 heavy (non-hydrogen) atoms. The number of nitrogens with zero attached hydrogens (tertiary/aromatic N) is 1. The van der Waals surface area contributed by atoms with E-state index in [1.165, 1.54) is 25.0 Å². The van der Waals surface area contributed by atoms with Crippen LogP contribution in [0.3, 0.4) is 0 Å². The fraction of sp³-hybridized carbons (Fsp3) is 0.588. The van der Waals surface area contributed by atoms with Crippen LogP contribution >= 0.6 is 0 Å². The number of hydrogen-bond donors (Lipinski definition) is 0. The highest BCUT2D eigenvalue weighted by Gasteiger charge is 2.27. The average Bonchev–Trinajstić information content (AvgIpc) is 2.48. The number of benzene rings is 1. The molecule has 0 aromatic heterocycles. The van der Waals surface area contributed by atoms with Crippen LogP contribution in [0.4, 0.5) is 5.69 Å². The van der Waals surface area contributed by atoms with Gasteiger partial charge >= 0.3 is 0 Å². The first-order chi connectivity index (χ1) is 10.1. The number of nitro benzene ring substituents is 1. The van der Waals surface area contributed by atoms with Gasteiger partial charge < -0.3 is 0 Å². The van der Waals surface area contributed by atoms with Crippen LogP contribution in [0.5, 0.6) is 0 Å². The molecule has 1 saturated carbocycles. The Morgan fingerprint density at radius 3 is 2.57 bits per heavy atom. The molecule has 0 bridgehead atoms. The molecule has 1 aliphatic carbocycles. The van der Waals surface area contributed by atoms with Crippen molar-refractivity contribution in [2.75, 3.05) is 0 Å². The summed E-state index contributed by atoms with van der Waals surface area (Å²) in [4.78, 5) is 22.3. The van der Waals surface area contributed by atoms with E-state index in [9.17, 15) is 14.9 Å². The molecule has 2 unspecified atom stereocenters. The van der Waals surface area contributed by atoms with Gasteiger partial charge in [-0.2, -0.15) is 0 Å². The number of rotatable bonds is 6. The minimum Gasteiger partial charge on any atom is -0.299 e. The molecule has 2 atom stereocenters. The third-order valence-electron chi connectivity index (χ3n) is 4.50. The Bertz CT molecular complexity index is 495. The Kier molecular flexibility index (Phi) is 5.48. The molecule has 1 fully saturated rings. The zero-order valence-corrected chi connectivity index (χ0v) is 12.6. The van der Waals surface area contributed by atoms with Crippen molar-refractivity contribution in [2.24, 2.45) is 11.8 Å². The Balaban J connectivity index is 1.88. The summed E-state index contributed by atoms with van der Waals surface area (Å²) in [6, 6.07) is 6.68. The molecule has 0 amide bonds. The van der Waals surface area contributed by atoms with Crippen molar-refractivity contribution in [2.45, 2.75) is 51.9 Å². The molecule has 4 nitrogen and oxygen atoms in total. The zero-order chi connectivity index (χ0) is 15.2. The van der Waals surface area contributed by atoms with Crippen molar-refractivity contribution in [3.05, 3.63) is 39.9 Å². The molecule has 0 spiro atoms. The predicted molar refractivity (Wildman–Crippen MR) is 82.2 cm³/mol. The third-order valence-corrected chi connectivity index (χ3v) is 4.50. The van der Waals surface area contributed by atoms with Gasteiger partial charge in [-0.05, 0) is 37.2 Å². The minimum atomic E-state index is -0.385. The monoisotopic (exact) mass is 289 g/mol. The maximum absolute atomic E-state index is 12.0. The molecule has 114 valence electrons. The van der Waals surface area contributed by atoms with Gasteiger partial charge in [0.2, 0.25) is 0 Å². The first-order valence-corrected chi connectivity index (χ1v) is 7.86. The summed E-state index contributed by atoms with van der Waals surface area (Å²) >= 11 is 0. The van der Waals surface area contributed by atoms with Crippen molar-refractivity contribution < 1.29 is 9.72 Å². The standard InChI is InChI=1S/C17H23NO3/c1-2-3-14-7-11-17(19)15(12-14)8-4-13-5-9-16(10-6-13)18(20)21/h5-6,9-10,14-15H,2-4,7-8,11-12H2,1H3. The third kappa shape index (κ3) is 4.38. The largest absolute Gasteiger partial charge is 0.299 e. The van der Waals surface area contributed by atoms with E-state index in [0.717, 1.165) is 37.7 Å². The zero-order valence-electron chi connectivity index (χ0n) is 12.6. The van der Waals surface area contributed by atoms with Crippen molar-refractivity contribution >= 4 is 11.5 Å². The molecule has 2 rings (SSSR count). The smallest absolute Gasteiger partial charge is 0.269 e. The van der Waals surface area contributed by atoms with E-state index in [-0.39, 0.29) is 16.5 Å². The maximum atomic E-state index is 12.0. The normalized spacial score (nSPS) is 22.2. The highest BCUT2D eigenvalue weighted by Crippen LogP contribution is 2.32. The second kappa shape index (κ2) is 7.34. The van der Waals surface area contributed by atoms with E-state index >= 15 is 0 Å². The van der Waals surface area contributed by atoms with Gasteiger partial charge in [-0.25, -0.2) is 0 Å². The van der Waals surface area contributed by atoms with Crippen LogP contribution in [0.1, 0.15) is 51.0 Å². The summed E-state index contributed by atoms with van der Waals surface area (Å²) in [6.07, 6.45) is 6.93. The predicted octanol–water partition coefficient (Wildman–Crippen LogP) is 4.31. The lowest BCUT2D eigenvalue weighted by molar-refractivity contribution is -0.384. The maximum Gasteiger partial charge on any atom is 0.269 e. The van der Waals surface area contributed by atoms with Gasteiger partial charge in [-0.1, -0.05) is 31.9 Å². The fourth-order valence-corrected chi connectivity index (χ4v) is 3.28. The number of aryl methyl sites for hydroxylation is 1. The van der Waals surface area contributed by atoms with Gasteiger partial charge in [0.15, 0.2) is 0 Å². The molecule has 4 heteroatoms. The lowest BCUT2D eigenvalue weighted by atomic mass is 9.76. The topological polar surface area (TPSA) is 60.2 Å². The fourth-order valence-electron chi connectivity index (χ4n) is 3.28. The molecule has 1 aromatic carbocycles. The highest BCUT2D eigenvalue weighted by atomic mass is 16.6. The summed E-state index contributed by atoms with van der Waals surface area (Å²) in [6.45, 7) is 2.20. The Morgan fingerprint density at radius 1 is 1.24 bits per heavy atom. The molecule has 0 aliphatic heterocycles. The van der Waals surface area contributed by atoms with E-state index in [1.807, 2.05) is 0 Å². The van der Waals surface area contributed by atoms with E-state index in [0.29, 0.717) is 11.7 Å². The second-order valence-electron chi connectivity index (χ2n) is 6.05. The SMILES string of the molecule is CCCC1CCC(=O)C(CCc2ccc([N+](=O)[O-])cc2)C1. The van der Waals surface area contributed by atoms with E-state index in [2.05, 4.69) is 6.92 Å². The van der Waals surface area contributed by atoms with Gasteiger partial charge in [0.25, 0.3) is 5.69 Å². The lowest BCUT2D eigenvalue weighted by Crippen LogP contribution is -2.25. The second-order valence-corrected chi connectivity index (χ2v) is 6.05. The minimum absolute atomic E-state index is 0.121. The average molecular weight is 289 g/mol. The first-order valence-electron chi connectivity index (χ1n) is 7.86. The van der Waals surface area contributed by atoms with Crippen LogP contribution in [0, 0.1) is 22.0 Å². The number of carbonyl (C=O) groups is 1. The number of ketones is 1. The van der Waals surface area contributed by atoms with Crippen molar-refractivity contribution in [1.82, 2.24) is 0 Å². The summed E-state index contributed by atoms with van der Waals surface area (Å²) < 4.78 is 0. The number of non-ortho nitro benzene ring substituents is 1. The van der Waals surface area contributed by atoms with Crippen LogP contribution < -0.4 is 0 Å². The summed E-state index contributed by atoms with van der Waals surface area (Å²) in [5.74, 6) is 1.30. The summed E-state index contributed by atoms with van der Waals surface area (Å²) in [5.41, 5.74) is 1.20. The molecule has 1 aliphatic rings. The number of nitro groups is 1. The number of Topliss-reactive ketones (excluding diaryl/α,β-unsaturated/α-hetero) is 1. The van der Waals surface area contributed by atoms with Crippen LogP contribution in [-0.4, -0.2) is 10.7 Å². The van der Waals surface area contributed by atoms with Crippen LogP contribution in [0.2, 0.25) is 0 Å². The molecule has 0 heterocycles. The van der Waals surface area contributed by atoms with E-state index in [4.69, 9.17) is 0 Å². The number of carbonyl (C=O) groups excluding carboxylic acids is 1. The van der Waals surface area contributed by atoms with Crippen LogP contribution in [0.25, 0.3) is 0 Å². The van der Waals surface area contributed by atoms with Crippen LogP contribution in [0.15, 0.2) is 24.3 Å². The van der Waals surface area contributed by atoms with Gasteiger partial charge in [0, 0.05) is 24.5 Å². The van der Waals surface area contributed by atoms with E-state index < -0.39 is 0 Å². The Labute approximate surface area is 125 Å². The first kappa shape index (κ1) is 15.7. The van der Waals surface area contributed by atoms with Gasteiger partial charge in [-0.15, -0.1) is 0 Å². The van der Waals surface area contributed by atoms with Gasteiger partial charge in [0.05, 0.1) is 4.92 Å². The molecule has 1 aromatic rings. The molecule has 0 N–H and O–H groups in total. The lowest BCUT2D eigenvalue weighted by Gasteiger charge is -2.28. The molecule has 0 saturated heterocycles. The summed E-state index contributed by atoms with van der Waals surface area (Å²) in [7, 11) is 0. The Hall–Kier alpha value is -1.71. The molecular weight excluding hydrogens is 266 g/mol. The Morgan fingerprint density at radius 2 is 1.95 bits per heavy atom. The van der Waals surface area contributed by atoms with Crippen molar-refractivity contribution in [3.63, 3.8) is 0 Å². The molecule has 0 radical (unpaired) electrons. The van der Waals surface area contributed by atoms with E-state index in [1.54, 1.807) is 12.1 Å². The summed E-state index contributed by atoms with van der Waals surface area (Å²) in [5, 5.41) is 10.6. The molecular formula is C17H23NO3. The number of hydrogen-bond acceptors (Lipinski definition) is 3. The van der Waals surface area contributed by atoms with Crippen LogP contribution in [-0.2, 0) is 11.2 Å². The van der Waals surface area contributed by atoms with Crippen molar-refractivity contribution in [1.29, 1.82) is 0 Å².